The minimum absolute atomic E-state index is 0.203. The quantitative estimate of drug-likeness (QED) is 0.756. The maximum absolute atomic E-state index is 11.6. The molecule has 21 heavy (non-hydrogen) atoms. The summed E-state index contributed by atoms with van der Waals surface area (Å²) in [5, 5.41) is 10.3. The first-order chi connectivity index (χ1) is 10.1. The Balaban J connectivity index is 2.28. The van der Waals surface area contributed by atoms with Crippen molar-refractivity contribution in [2.45, 2.75) is 6.92 Å². The molecule has 0 radical (unpaired) electrons. The fourth-order valence-electron chi connectivity index (χ4n) is 2.40. The average molecular weight is 278 g/mol. The van der Waals surface area contributed by atoms with E-state index in [1.807, 2.05) is 19.1 Å². The number of carbonyl (C=O) groups is 1. The summed E-state index contributed by atoms with van der Waals surface area (Å²) in [5.74, 6) is -0.288. The Kier molecular flexibility index (Phi) is 3.06. The number of phenolic OH excluding ortho intramolecular Hbond substituents is 1. The van der Waals surface area contributed by atoms with E-state index in [-0.39, 0.29) is 5.75 Å². The lowest BCUT2D eigenvalue weighted by molar-refractivity contribution is 0.100. The molecule has 1 aromatic heterocycles. The molecule has 0 aliphatic heterocycles. The number of carbonyl (C=O) groups excluding carboxylic acids is 1. The van der Waals surface area contributed by atoms with Gasteiger partial charge in [-0.3, -0.25) is 4.79 Å². The van der Waals surface area contributed by atoms with Crippen LogP contribution in [0.5, 0.6) is 5.75 Å². The lowest BCUT2D eigenvalue weighted by Gasteiger charge is -2.09. The largest absolute Gasteiger partial charge is 0.508 e. The maximum Gasteiger partial charge on any atom is 0.250 e. The molecule has 1 amide bonds. The Labute approximate surface area is 121 Å². The van der Waals surface area contributed by atoms with Crippen LogP contribution in [-0.4, -0.2) is 16.0 Å². The lowest BCUT2D eigenvalue weighted by atomic mass is 10.0. The second-order valence-corrected chi connectivity index (χ2v) is 4.94. The minimum Gasteiger partial charge on any atom is -0.508 e. The Morgan fingerprint density at radius 3 is 2.52 bits per heavy atom. The zero-order valence-corrected chi connectivity index (χ0v) is 11.5. The molecule has 0 spiro atoms. The van der Waals surface area contributed by atoms with Gasteiger partial charge >= 0.3 is 0 Å². The van der Waals surface area contributed by atoms with Crippen LogP contribution < -0.4 is 5.73 Å². The van der Waals surface area contributed by atoms with Crippen LogP contribution in [0, 0.1) is 6.92 Å². The van der Waals surface area contributed by atoms with E-state index in [2.05, 4.69) is 4.98 Å². The van der Waals surface area contributed by atoms with Crippen molar-refractivity contribution < 1.29 is 9.90 Å². The number of aromatic hydroxyl groups is 1. The summed E-state index contributed by atoms with van der Waals surface area (Å²) >= 11 is 0. The molecule has 0 saturated heterocycles. The number of fused-ring (bicyclic) bond motifs is 1. The molecule has 1 heterocycles. The van der Waals surface area contributed by atoms with Crippen LogP contribution >= 0.6 is 0 Å². The molecule has 3 rings (SSSR count). The van der Waals surface area contributed by atoms with Gasteiger partial charge in [-0.1, -0.05) is 12.1 Å². The van der Waals surface area contributed by atoms with Gasteiger partial charge in [0.15, 0.2) is 0 Å². The topological polar surface area (TPSA) is 76.2 Å². The summed E-state index contributed by atoms with van der Waals surface area (Å²) in [4.78, 5) is 16.1. The average Bonchev–Trinajstić information content (AvgIpc) is 2.47. The molecule has 3 N–H and O–H groups in total. The third-order valence-electron chi connectivity index (χ3n) is 3.47. The third kappa shape index (κ3) is 2.31. The van der Waals surface area contributed by atoms with E-state index < -0.39 is 5.91 Å². The number of phenols is 1. The van der Waals surface area contributed by atoms with Gasteiger partial charge in [0.1, 0.15) is 5.75 Å². The van der Waals surface area contributed by atoms with E-state index in [1.54, 1.807) is 36.4 Å². The number of nitrogens with zero attached hydrogens (tertiary/aromatic N) is 1. The number of para-hydroxylation sites is 1. The molecule has 4 nitrogen and oxygen atoms in total. The normalized spacial score (nSPS) is 10.7. The van der Waals surface area contributed by atoms with Crippen molar-refractivity contribution in [3.05, 3.63) is 59.7 Å². The van der Waals surface area contributed by atoms with E-state index in [0.29, 0.717) is 11.1 Å². The molecule has 0 fully saturated rings. The highest BCUT2D eigenvalue weighted by atomic mass is 16.3. The van der Waals surface area contributed by atoms with E-state index in [9.17, 15) is 9.90 Å². The van der Waals surface area contributed by atoms with Gasteiger partial charge in [0.25, 0.3) is 5.91 Å². The molecule has 0 unspecified atom stereocenters. The summed E-state index contributed by atoms with van der Waals surface area (Å²) in [6.07, 6.45) is 0. The molecule has 0 atom stereocenters. The van der Waals surface area contributed by atoms with Crippen LogP contribution in [0.15, 0.2) is 48.5 Å². The van der Waals surface area contributed by atoms with Gasteiger partial charge in [0.2, 0.25) is 0 Å². The van der Waals surface area contributed by atoms with Gasteiger partial charge in [0.05, 0.1) is 16.8 Å². The Bertz CT molecular complexity index is 839. The monoisotopic (exact) mass is 278 g/mol. The van der Waals surface area contributed by atoms with Crippen LogP contribution in [0.3, 0.4) is 0 Å². The summed E-state index contributed by atoms with van der Waals surface area (Å²) in [7, 11) is 0. The number of hydrogen-bond acceptors (Lipinski definition) is 3. The van der Waals surface area contributed by atoms with Crippen LogP contribution in [0.2, 0.25) is 0 Å². The van der Waals surface area contributed by atoms with Crippen LogP contribution in [0.1, 0.15) is 15.9 Å². The van der Waals surface area contributed by atoms with Gasteiger partial charge in [-0.25, -0.2) is 4.98 Å². The first-order valence-electron chi connectivity index (χ1n) is 6.56. The predicted molar refractivity (Wildman–Crippen MR) is 82.1 cm³/mol. The summed E-state index contributed by atoms with van der Waals surface area (Å²) in [5.41, 5.74) is 9.08. The number of aromatic nitrogens is 1. The molecule has 0 bridgehead atoms. The number of benzene rings is 2. The molecular formula is C17H14N2O2. The van der Waals surface area contributed by atoms with Crippen molar-refractivity contribution in [2.75, 3.05) is 0 Å². The summed E-state index contributed by atoms with van der Waals surface area (Å²) in [6, 6.07) is 14.2. The van der Waals surface area contributed by atoms with Gasteiger partial charge in [-0.2, -0.15) is 0 Å². The summed E-state index contributed by atoms with van der Waals surface area (Å²) in [6.45, 7) is 1.97. The summed E-state index contributed by atoms with van der Waals surface area (Å²) < 4.78 is 0. The minimum atomic E-state index is -0.490. The SMILES string of the molecule is Cc1cc(-c2ccc(O)cc2)nc2c(C(N)=O)cccc12. The number of pyridine rings is 1. The number of hydrogen-bond donors (Lipinski definition) is 2. The number of primary amides is 1. The van der Waals surface area contributed by atoms with Crippen molar-refractivity contribution in [1.82, 2.24) is 4.98 Å². The zero-order chi connectivity index (χ0) is 15.0. The van der Waals surface area contributed by atoms with Crippen molar-refractivity contribution in [3.8, 4) is 17.0 Å². The molecule has 2 aromatic carbocycles. The van der Waals surface area contributed by atoms with E-state index in [0.717, 1.165) is 22.2 Å². The number of nitrogens with two attached hydrogens (primary N) is 1. The Morgan fingerprint density at radius 2 is 1.86 bits per heavy atom. The Hall–Kier alpha value is -2.88. The molecule has 0 saturated carbocycles. The fourth-order valence-corrected chi connectivity index (χ4v) is 2.40. The first-order valence-corrected chi connectivity index (χ1v) is 6.56. The van der Waals surface area contributed by atoms with Crippen molar-refractivity contribution in [2.24, 2.45) is 5.73 Å². The van der Waals surface area contributed by atoms with Crippen LogP contribution in [0.4, 0.5) is 0 Å². The van der Waals surface area contributed by atoms with E-state index in [4.69, 9.17) is 5.73 Å². The second kappa shape index (κ2) is 4.90. The second-order valence-electron chi connectivity index (χ2n) is 4.94. The fraction of sp³-hybridized carbons (Fsp3) is 0.0588. The van der Waals surface area contributed by atoms with Crippen molar-refractivity contribution in [1.29, 1.82) is 0 Å². The molecule has 4 heteroatoms. The molecule has 0 aliphatic rings. The van der Waals surface area contributed by atoms with Gasteiger partial charge in [-0.15, -0.1) is 0 Å². The predicted octanol–water partition coefficient (Wildman–Crippen LogP) is 3.01. The maximum atomic E-state index is 11.6. The van der Waals surface area contributed by atoms with E-state index in [1.165, 1.54) is 0 Å². The van der Waals surface area contributed by atoms with Gasteiger partial charge in [0, 0.05) is 10.9 Å². The van der Waals surface area contributed by atoms with Crippen molar-refractivity contribution >= 4 is 16.8 Å². The lowest BCUT2D eigenvalue weighted by Crippen LogP contribution is -2.12. The molecule has 0 aliphatic carbocycles. The van der Waals surface area contributed by atoms with Gasteiger partial charge < -0.3 is 10.8 Å². The molecular weight excluding hydrogens is 264 g/mol. The number of aryl methyl sites for hydroxylation is 1. The van der Waals surface area contributed by atoms with Crippen molar-refractivity contribution in [3.63, 3.8) is 0 Å². The highest BCUT2D eigenvalue weighted by molar-refractivity contribution is 6.05. The van der Waals surface area contributed by atoms with E-state index >= 15 is 0 Å². The highest BCUT2D eigenvalue weighted by Gasteiger charge is 2.11. The zero-order valence-electron chi connectivity index (χ0n) is 11.5. The first kappa shape index (κ1) is 13.1. The molecule has 3 aromatic rings. The van der Waals surface area contributed by atoms with Crippen LogP contribution in [-0.2, 0) is 0 Å². The molecule has 104 valence electrons. The third-order valence-corrected chi connectivity index (χ3v) is 3.47. The van der Waals surface area contributed by atoms with Crippen LogP contribution in [0.25, 0.3) is 22.2 Å². The number of rotatable bonds is 2. The standard InChI is InChI=1S/C17H14N2O2/c1-10-9-15(11-5-7-12(20)8-6-11)19-16-13(10)3-2-4-14(16)17(18)21/h2-9,20H,1H3,(H2,18,21). The smallest absolute Gasteiger partial charge is 0.250 e. The Morgan fingerprint density at radius 1 is 1.14 bits per heavy atom. The number of amides is 1. The van der Waals surface area contributed by atoms with Gasteiger partial charge in [-0.05, 0) is 48.9 Å². The highest BCUT2D eigenvalue weighted by Crippen LogP contribution is 2.27.